The van der Waals surface area contributed by atoms with Crippen LogP contribution in [0.2, 0.25) is 5.15 Å². The lowest BCUT2D eigenvalue weighted by Gasteiger charge is -2.27. The van der Waals surface area contributed by atoms with Gasteiger partial charge in [-0.05, 0) is 0 Å². The zero-order valence-corrected chi connectivity index (χ0v) is 16.4. The van der Waals surface area contributed by atoms with Crippen molar-refractivity contribution in [3.63, 3.8) is 0 Å². The maximum atomic E-state index is 12.8. The van der Waals surface area contributed by atoms with Crippen LogP contribution in [0.15, 0.2) is 24.4 Å². The zero-order chi connectivity index (χ0) is 20.0. The Kier molecular flexibility index (Phi) is 4.40. The second kappa shape index (κ2) is 7.09. The SMILES string of the molecule is COc1cc2c(cc1-n1nc(C(=O)NC3CNC3)c3cnc(Cl)cc31)OCCN2. The van der Waals surface area contributed by atoms with E-state index in [2.05, 4.69) is 26.0 Å². The number of carbonyl (C=O) groups excluding carboxylic acids is 1. The van der Waals surface area contributed by atoms with Crippen LogP contribution >= 0.6 is 11.6 Å². The number of hydrogen-bond donors (Lipinski definition) is 3. The number of methoxy groups -OCH3 is 1. The number of nitrogens with zero attached hydrogens (tertiary/aromatic N) is 3. The molecule has 0 spiro atoms. The van der Waals surface area contributed by atoms with Gasteiger partial charge in [-0.1, -0.05) is 11.6 Å². The van der Waals surface area contributed by atoms with Crippen molar-refractivity contribution < 1.29 is 14.3 Å². The van der Waals surface area contributed by atoms with E-state index in [1.807, 2.05) is 12.1 Å². The summed E-state index contributed by atoms with van der Waals surface area (Å²) in [6, 6.07) is 5.49. The number of amides is 1. The number of hydrogen-bond acceptors (Lipinski definition) is 7. The first-order chi connectivity index (χ1) is 14.1. The lowest BCUT2D eigenvalue weighted by molar-refractivity contribution is 0.0920. The van der Waals surface area contributed by atoms with Crippen LogP contribution < -0.4 is 25.4 Å². The summed E-state index contributed by atoms with van der Waals surface area (Å²) >= 11 is 6.14. The van der Waals surface area contributed by atoms with Crippen molar-refractivity contribution >= 4 is 34.1 Å². The van der Waals surface area contributed by atoms with Crippen molar-refractivity contribution in [3.8, 4) is 17.2 Å². The van der Waals surface area contributed by atoms with Gasteiger partial charge in [-0.25, -0.2) is 9.67 Å². The van der Waals surface area contributed by atoms with E-state index in [1.165, 1.54) is 0 Å². The van der Waals surface area contributed by atoms with Gasteiger partial charge in [-0.2, -0.15) is 5.10 Å². The minimum atomic E-state index is -0.251. The second-order valence-electron chi connectivity index (χ2n) is 6.91. The van der Waals surface area contributed by atoms with Gasteiger partial charge in [0.1, 0.15) is 28.9 Å². The van der Waals surface area contributed by atoms with Crippen LogP contribution in [0, 0.1) is 0 Å². The maximum Gasteiger partial charge on any atom is 0.272 e. The van der Waals surface area contributed by atoms with Gasteiger partial charge < -0.3 is 25.4 Å². The molecule has 1 fully saturated rings. The van der Waals surface area contributed by atoms with E-state index < -0.39 is 0 Å². The van der Waals surface area contributed by atoms with Crippen LogP contribution in [0.3, 0.4) is 0 Å². The van der Waals surface area contributed by atoms with Gasteiger partial charge in [0.05, 0.1) is 29.7 Å². The molecule has 0 saturated carbocycles. The van der Waals surface area contributed by atoms with E-state index in [1.54, 1.807) is 24.1 Å². The van der Waals surface area contributed by atoms with E-state index in [-0.39, 0.29) is 17.6 Å². The fourth-order valence-electron chi connectivity index (χ4n) is 3.46. The number of fused-ring (bicyclic) bond motifs is 2. The highest BCUT2D eigenvalue weighted by Gasteiger charge is 2.26. The molecule has 150 valence electrons. The van der Waals surface area contributed by atoms with Gasteiger partial charge in [0, 0.05) is 44.0 Å². The summed E-state index contributed by atoms with van der Waals surface area (Å²) in [7, 11) is 1.59. The first-order valence-electron chi connectivity index (χ1n) is 9.29. The lowest BCUT2D eigenvalue weighted by Crippen LogP contribution is -2.57. The average Bonchev–Trinajstić information content (AvgIpc) is 3.08. The molecule has 0 unspecified atom stereocenters. The number of aromatic nitrogens is 3. The van der Waals surface area contributed by atoms with Crippen LogP contribution in [0.25, 0.3) is 16.6 Å². The Morgan fingerprint density at radius 2 is 2.24 bits per heavy atom. The van der Waals surface area contributed by atoms with Crippen molar-refractivity contribution in [3.05, 3.63) is 35.2 Å². The number of benzene rings is 1. The molecular weight excluding hydrogens is 396 g/mol. The number of rotatable bonds is 4. The second-order valence-corrected chi connectivity index (χ2v) is 7.30. The molecule has 9 nitrogen and oxygen atoms in total. The van der Waals surface area contributed by atoms with Crippen LogP contribution in [0.1, 0.15) is 10.5 Å². The molecule has 0 bridgehead atoms. The molecule has 5 rings (SSSR count). The molecule has 10 heteroatoms. The highest BCUT2D eigenvalue weighted by Crippen LogP contribution is 2.38. The van der Waals surface area contributed by atoms with E-state index in [0.29, 0.717) is 39.8 Å². The van der Waals surface area contributed by atoms with E-state index >= 15 is 0 Å². The molecular formula is C19H19ClN6O3. The van der Waals surface area contributed by atoms with Gasteiger partial charge in [0.25, 0.3) is 5.91 Å². The molecule has 4 heterocycles. The first-order valence-corrected chi connectivity index (χ1v) is 9.67. The first kappa shape index (κ1) is 18.0. The standard InChI is InChI=1S/C19H19ClN6O3/c1-28-16-4-12-15(29-3-2-22-12)5-14(16)26-13-6-17(20)23-9-11(13)18(25-26)19(27)24-10-7-21-8-10/h4-6,9-10,21-22H,2-3,7-8H2,1H3,(H,24,27). The average molecular weight is 415 g/mol. The monoisotopic (exact) mass is 414 g/mol. The summed E-state index contributed by atoms with van der Waals surface area (Å²) in [6.07, 6.45) is 1.57. The third-order valence-corrected chi connectivity index (χ3v) is 5.25. The maximum absolute atomic E-state index is 12.8. The Hall–Kier alpha value is -3.04. The molecule has 1 amide bonds. The van der Waals surface area contributed by atoms with Crippen LogP contribution in [0.5, 0.6) is 11.5 Å². The number of carbonyl (C=O) groups is 1. The molecule has 2 aromatic heterocycles. The Balaban J connectivity index is 1.66. The summed E-state index contributed by atoms with van der Waals surface area (Å²) in [6.45, 7) is 2.79. The lowest BCUT2D eigenvalue weighted by atomic mass is 10.1. The number of nitrogens with one attached hydrogen (secondary N) is 3. The van der Waals surface area contributed by atoms with Gasteiger partial charge in [-0.15, -0.1) is 0 Å². The summed E-state index contributed by atoms with van der Waals surface area (Å²) in [5.41, 5.74) is 2.44. The van der Waals surface area contributed by atoms with Crippen LogP contribution in [-0.2, 0) is 0 Å². The highest BCUT2D eigenvalue weighted by atomic mass is 35.5. The summed E-state index contributed by atoms with van der Waals surface area (Å²) in [5.74, 6) is 1.04. The smallest absolute Gasteiger partial charge is 0.272 e. The molecule has 1 saturated heterocycles. The summed E-state index contributed by atoms with van der Waals surface area (Å²) < 4.78 is 13.0. The Bertz CT molecular complexity index is 1110. The largest absolute Gasteiger partial charge is 0.494 e. The predicted molar refractivity (Wildman–Crippen MR) is 109 cm³/mol. The Morgan fingerprint density at radius 1 is 1.38 bits per heavy atom. The van der Waals surface area contributed by atoms with Gasteiger partial charge in [-0.3, -0.25) is 4.79 Å². The number of halogens is 1. The molecule has 1 aromatic carbocycles. The zero-order valence-electron chi connectivity index (χ0n) is 15.7. The third kappa shape index (κ3) is 3.12. The summed E-state index contributed by atoms with van der Waals surface area (Å²) in [5, 5.41) is 14.9. The number of anilines is 1. The van der Waals surface area contributed by atoms with E-state index in [9.17, 15) is 4.79 Å². The molecule has 29 heavy (non-hydrogen) atoms. The van der Waals surface area contributed by atoms with Crippen molar-refractivity contribution in [2.75, 3.05) is 38.7 Å². The number of ether oxygens (including phenoxy) is 2. The van der Waals surface area contributed by atoms with Gasteiger partial charge in [0.15, 0.2) is 5.69 Å². The van der Waals surface area contributed by atoms with Gasteiger partial charge in [0.2, 0.25) is 0 Å². The van der Waals surface area contributed by atoms with Crippen molar-refractivity contribution in [1.82, 2.24) is 25.4 Å². The minimum Gasteiger partial charge on any atom is -0.494 e. The molecule has 3 aromatic rings. The topological polar surface area (TPSA) is 102 Å². The van der Waals surface area contributed by atoms with Crippen molar-refractivity contribution in [1.29, 1.82) is 0 Å². The summed E-state index contributed by atoms with van der Waals surface area (Å²) in [4.78, 5) is 17.0. The van der Waals surface area contributed by atoms with Gasteiger partial charge >= 0.3 is 0 Å². The van der Waals surface area contributed by atoms with Crippen molar-refractivity contribution in [2.45, 2.75) is 6.04 Å². The quantitative estimate of drug-likeness (QED) is 0.557. The molecule has 2 aliphatic rings. The molecule has 2 aliphatic heterocycles. The molecule has 0 radical (unpaired) electrons. The molecule has 0 aliphatic carbocycles. The fraction of sp³-hybridized carbons (Fsp3) is 0.316. The van der Waals surface area contributed by atoms with E-state index in [0.717, 1.165) is 25.3 Å². The van der Waals surface area contributed by atoms with Crippen LogP contribution in [-0.4, -0.2) is 60.1 Å². The highest BCUT2D eigenvalue weighted by molar-refractivity contribution is 6.30. The molecule has 0 atom stereocenters. The fourth-order valence-corrected chi connectivity index (χ4v) is 3.62. The Labute approximate surface area is 171 Å². The van der Waals surface area contributed by atoms with E-state index in [4.69, 9.17) is 21.1 Å². The molecule has 3 N–H and O–H groups in total. The minimum absolute atomic E-state index is 0.0979. The predicted octanol–water partition coefficient (Wildman–Crippen LogP) is 1.59. The number of pyridine rings is 1. The Morgan fingerprint density at radius 3 is 3.00 bits per heavy atom. The van der Waals surface area contributed by atoms with Crippen LogP contribution in [0.4, 0.5) is 5.69 Å². The normalized spacial score (nSPS) is 15.8. The third-order valence-electron chi connectivity index (χ3n) is 5.05. The van der Waals surface area contributed by atoms with Crippen molar-refractivity contribution in [2.24, 2.45) is 0 Å².